The fourth-order valence-electron chi connectivity index (χ4n) is 1.97. The average Bonchev–Trinajstić information content (AvgIpc) is 2.34. The zero-order valence-electron chi connectivity index (χ0n) is 11.9. The van der Waals surface area contributed by atoms with Gasteiger partial charge in [0.15, 0.2) is 0 Å². The summed E-state index contributed by atoms with van der Waals surface area (Å²) < 4.78 is 0. The van der Waals surface area contributed by atoms with Gasteiger partial charge in [0.05, 0.1) is 5.92 Å². The normalized spacial score (nSPS) is 13.1. The van der Waals surface area contributed by atoms with Crippen molar-refractivity contribution in [3.63, 3.8) is 0 Å². The lowest BCUT2D eigenvalue weighted by atomic mass is 9.84. The summed E-state index contributed by atoms with van der Waals surface area (Å²) >= 11 is 0. The lowest BCUT2D eigenvalue weighted by Crippen LogP contribution is -2.36. The van der Waals surface area contributed by atoms with Crippen molar-refractivity contribution in [2.75, 3.05) is 6.54 Å². The third-order valence-corrected chi connectivity index (χ3v) is 2.92. The number of phenols is 1. The zero-order valence-corrected chi connectivity index (χ0v) is 11.9. The van der Waals surface area contributed by atoms with Crippen molar-refractivity contribution in [2.24, 2.45) is 17.1 Å². The Bertz CT molecular complexity index is 407. The van der Waals surface area contributed by atoms with E-state index in [0.29, 0.717) is 13.1 Å². The number of amides is 1. The third kappa shape index (κ3) is 5.75. The number of rotatable bonds is 5. The minimum Gasteiger partial charge on any atom is -0.508 e. The summed E-state index contributed by atoms with van der Waals surface area (Å²) in [4.78, 5) is 12.1. The number of hydrogen-bond acceptors (Lipinski definition) is 3. The Hall–Kier alpha value is -1.55. The molecule has 0 radical (unpaired) electrons. The fraction of sp³-hybridized carbons (Fsp3) is 0.533. The van der Waals surface area contributed by atoms with Crippen molar-refractivity contribution in [1.82, 2.24) is 5.32 Å². The van der Waals surface area contributed by atoms with Crippen LogP contribution in [0.4, 0.5) is 0 Å². The Labute approximate surface area is 115 Å². The number of nitrogens with one attached hydrogen (secondary N) is 1. The van der Waals surface area contributed by atoms with Crippen LogP contribution in [-0.2, 0) is 11.3 Å². The molecule has 1 unspecified atom stereocenters. The van der Waals surface area contributed by atoms with Gasteiger partial charge in [-0.05, 0) is 29.5 Å². The van der Waals surface area contributed by atoms with E-state index in [9.17, 15) is 9.90 Å². The molecule has 4 nitrogen and oxygen atoms in total. The number of aromatic hydroxyl groups is 1. The van der Waals surface area contributed by atoms with Crippen LogP contribution in [0.15, 0.2) is 24.3 Å². The first kappa shape index (κ1) is 15.5. The van der Waals surface area contributed by atoms with Crippen LogP contribution in [0.1, 0.15) is 32.8 Å². The number of phenolic OH excluding ortho intramolecular Hbond substituents is 1. The van der Waals surface area contributed by atoms with E-state index in [0.717, 1.165) is 12.0 Å². The molecule has 0 aromatic heterocycles. The number of benzene rings is 1. The summed E-state index contributed by atoms with van der Waals surface area (Å²) in [6, 6.07) is 6.79. The molecule has 0 heterocycles. The molecule has 1 rings (SSSR count). The van der Waals surface area contributed by atoms with E-state index in [1.807, 2.05) is 0 Å². The lowest BCUT2D eigenvalue weighted by Gasteiger charge is -2.24. The Morgan fingerprint density at radius 1 is 1.32 bits per heavy atom. The smallest absolute Gasteiger partial charge is 0.224 e. The highest BCUT2D eigenvalue weighted by atomic mass is 16.3. The van der Waals surface area contributed by atoms with Crippen molar-refractivity contribution in [3.8, 4) is 5.75 Å². The SMILES string of the molecule is CC(C)(C)CC(CN)C(=O)NCc1ccc(O)cc1. The minimum atomic E-state index is -0.155. The van der Waals surface area contributed by atoms with E-state index >= 15 is 0 Å². The zero-order chi connectivity index (χ0) is 14.5. The molecule has 0 spiro atoms. The molecule has 1 aromatic carbocycles. The second kappa shape index (κ2) is 6.57. The Balaban J connectivity index is 2.51. The van der Waals surface area contributed by atoms with Crippen molar-refractivity contribution < 1.29 is 9.90 Å². The fourth-order valence-corrected chi connectivity index (χ4v) is 1.97. The van der Waals surface area contributed by atoms with Crippen LogP contribution in [0, 0.1) is 11.3 Å². The van der Waals surface area contributed by atoms with Gasteiger partial charge in [0.1, 0.15) is 5.75 Å². The molecule has 4 heteroatoms. The molecule has 0 aliphatic heterocycles. The molecule has 1 atom stereocenters. The predicted molar refractivity (Wildman–Crippen MR) is 76.6 cm³/mol. The van der Waals surface area contributed by atoms with Gasteiger partial charge in [-0.3, -0.25) is 4.79 Å². The highest BCUT2D eigenvalue weighted by Gasteiger charge is 2.23. The first-order chi connectivity index (χ1) is 8.81. The van der Waals surface area contributed by atoms with Gasteiger partial charge < -0.3 is 16.2 Å². The molecule has 0 saturated carbocycles. The van der Waals surface area contributed by atoms with Gasteiger partial charge in [-0.1, -0.05) is 32.9 Å². The summed E-state index contributed by atoms with van der Waals surface area (Å²) in [5.74, 6) is 0.0604. The van der Waals surface area contributed by atoms with Crippen LogP contribution in [0.25, 0.3) is 0 Å². The summed E-state index contributed by atoms with van der Waals surface area (Å²) in [5.41, 5.74) is 6.72. The van der Waals surface area contributed by atoms with Crippen molar-refractivity contribution in [3.05, 3.63) is 29.8 Å². The van der Waals surface area contributed by atoms with Crippen LogP contribution in [-0.4, -0.2) is 17.6 Å². The lowest BCUT2D eigenvalue weighted by molar-refractivity contribution is -0.125. The molecule has 0 bridgehead atoms. The monoisotopic (exact) mass is 264 g/mol. The van der Waals surface area contributed by atoms with Gasteiger partial charge in [-0.15, -0.1) is 0 Å². The molecule has 4 N–H and O–H groups in total. The second-order valence-electron chi connectivity index (χ2n) is 6.08. The summed E-state index contributed by atoms with van der Waals surface area (Å²) in [6.07, 6.45) is 0.769. The van der Waals surface area contributed by atoms with Crippen LogP contribution in [0.5, 0.6) is 5.75 Å². The van der Waals surface area contributed by atoms with Crippen molar-refractivity contribution in [2.45, 2.75) is 33.7 Å². The maximum atomic E-state index is 12.1. The molecule has 0 aliphatic carbocycles. The Kier molecular flexibility index (Phi) is 5.36. The summed E-state index contributed by atoms with van der Waals surface area (Å²) in [5, 5.41) is 12.1. The van der Waals surface area contributed by atoms with Gasteiger partial charge in [0.25, 0.3) is 0 Å². The first-order valence-electron chi connectivity index (χ1n) is 6.57. The molecule has 1 aromatic rings. The summed E-state index contributed by atoms with van der Waals surface area (Å²) in [6.45, 7) is 7.12. The maximum Gasteiger partial charge on any atom is 0.224 e. The number of carbonyl (C=O) groups is 1. The molecule has 106 valence electrons. The van der Waals surface area contributed by atoms with E-state index in [1.165, 1.54) is 0 Å². The Morgan fingerprint density at radius 2 is 1.89 bits per heavy atom. The predicted octanol–water partition coefficient (Wildman–Crippen LogP) is 2.02. The van der Waals surface area contributed by atoms with Crippen molar-refractivity contribution >= 4 is 5.91 Å². The highest BCUT2D eigenvalue weighted by Crippen LogP contribution is 2.24. The van der Waals surface area contributed by atoms with Crippen molar-refractivity contribution in [1.29, 1.82) is 0 Å². The van der Waals surface area contributed by atoms with Crippen LogP contribution < -0.4 is 11.1 Å². The molecule has 19 heavy (non-hydrogen) atoms. The molecular weight excluding hydrogens is 240 g/mol. The van der Waals surface area contributed by atoms with Crippen LogP contribution >= 0.6 is 0 Å². The van der Waals surface area contributed by atoms with Gasteiger partial charge in [-0.25, -0.2) is 0 Å². The van der Waals surface area contributed by atoms with E-state index in [1.54, 1.807) is 24.3 Å². The van der Waals surface area contributed by atoms with Crippen LogP contribution in [0.3, 0.4) is 0 Å². The molecular formula is C15H24N2O2. The number of carbonyl (C=O) groups excluding carboxylic acids is 1. The number of nitrogens with two attached hydrogens (primary N) is 1. The minimum absolute atomic E-state index is 0.00880. The Morgan fingerprint density at radius 3 is 2.37 bits per heavy atom. The molecule has 1 amide bonds. The largest absolute Gasteiger partial charge is 0.508 e. The van der Waals surface area contributed by atoms with Crippen LogP contribution in [0.2, 0.25) is 0 Å². The number of hydrogen-bond donors (Lipinski definition) is 3. The van der Waals surface area contributed by atoms with E-state index in [-0.39, 0.29) is 23.0 Å². The van der Waals surface area contributed by atoms with Gasteiger partial charge in [0.2, 0.25) is 5.91 Å². The van der Waals surface area contributed by atoms with Gasteiger partial charge in [0, 0.05) is 13.1 Å². The van der Waals surface area contributed by atoms with Gasteiger partial charge >= 0.3 is 0 Å². The van der Waals surface area contributed by atoms with E-state index < -0.39 is 0 Å². The van der Waals surface area contributed by atoms with E-state index in [4.69, 9.17) is 5.73 Å². The van der Waals surface area contributed by atoms with E-state index in [2.05, 4.69) is 26.1 Å². The third-order valence-electron chi connectivity index (χ3n) is 2.92. The summed E-state index contributed by atoms with van der Waals surface area (Å²) in [7, 11) is 0. The maximum absolute atomic E-state index is 12.1. The standard InChI is InChI=1S/C15H24N2O2/c1-15(2,3)8-12(9-16)14(19)17-10-11-4-6-13(18)7-5-11/h4-7,12,18H,8-10,16H2,1-3H3,(H,17,19). The average molecular weight is 264 g/mol. The molecule has 0 fully saturated rings. The van der Waals surface area contributed by atoms with Gasteiger partial charge in [-0.2, -0.15) is 0 Å². The quantitative estimate of drug-likeness (QED) is 0.761. The second-order valence-corrected chi connectivity index (χ2v) is 6.08. The highest BCUT2D eigenvalue weighted by molar-refractivity contribution is 5.78. The molecule has 0 saturated heterocycles. The first-order valence-corrected chi connectivity index (χ1v) is 6.57. The molecule has 0 aliphatic rings. The topological polar surface area (TPSA) is 75.4 Å².